The summed E-state index contributed by atoms with van der Waals surface area (Å²) in [6.45, 7) is 11.6. The highest BCUT2D eigenvalue weighted by Crippen LogP contribution is 2.16. The molecule has 2 unspecified atom stereocenters. The third-order valence-corrected chi connectivity index (χ3v) is 4.22. The van der Waals surface area contributed by atoms with E-state index in [0.29, 0.717) is 12.1 Å². The van der Waals surface area contributed by atoms with Crippen LogP contribution >= 0.6 is 0 Å². The molecule has 4 nitrogen and oxygen atoms in total. The maximum Gasteiger partial charge on any atom is 0.0945 e. The summed E-state index contributed by atoms with van der Waals surface area (Å²) in [6, 6.07) is 1.36. The van der Waals surface area contributed by atoms with E-state index in [-0.39, 0.29) is 0 Å². The van der Waals surface area contributed by atoms with E-state index < -0.39 is 0 Å². The number of hydrogen-bond donors (Lipinski definition) is 1. The van der Waals surface area contributed by atoms with Gasteiger partial charge in [0.2, 0.25) is 0 Å². The van der Waals surface area contributed by atoms with E-state index in [4.69, 9.17) is 0 Å². The topological polar surface area (TPSA) is 33.1 Å². The van der Waals surface area contributed by atoms with Gasteiger partial charge in [0.15, 0.2) is 0 Å². The molecule has 0 spiro atoms. The third-order valence-electron chi connectivity index (χ3n) is 4.22. The average Bonchev–Trinajstić information content (AvgIpc) is 2.91. The van der Waals surface area contributed by atoms with Crippen LogP contribution in [0.3, 0.4) is 0 Å². The monoisotopic (exact) mass is 264 g/mol. The molecule has 1 aromatic rings. The molecule has 0 amide bonds. The van der Waals surface area contributed by atoms with Gasteiger partial charge in [-0.2, -0.15) is 0 Å². The quantitative estimate of drug-likeness (QED) is 0.853. The van der Waals surface area contributed by atoms with E-state index in [1.165, 1.54) is 25.9 Å². The summed E-state index contributed by atoms with van der Waals surface area (Å²) < 4.78 is 2.17. The Balaban J connectivity index is 1.83. The van der Waals surface area contributed by atoms with Gasteiger partial charge in [0.25, 0.3) is 0 Å². The molecule has 0 aliphatic carbocycles. The minimum absolute atomic E-state index is 0.670. The highest BCUT2D eigenvalue weighted by Gasteiger charge is 2.28. The van der Waals surface area contributed by atoms with Crippen molar-refractivity contribution in [2.24, 2.45) is 5.92 Å². The third kappa shape index (κ3) is 4.05. The number of nitrogens with zero attached hydrogens (tertiary/aromatic N) is 3. The van der Waals surface area contributed by atoms with Gasteiger partial charge < -0.3 is 9.88 Å². The zero-order valence-corrected chi connectivity index (χ0v) is 12.5. The number of imidazole rings is 1. The van der Waals surface area contributed by atoms with E-state index in [2.05, 4.69) is 40.5 Å². The van der Waals surface area contributed by atoms with Gasteiger partial charge in [0.05, 0.1) is 6.33 Å². The molecule has 108 valence electrons. The first-order valence-corrected chi connectivity index (χ1v) is 7.64. The SMILES string of the molecule is CCC1CN(CCCn2ccnc2)C(C(C)C)CN1. The summed E-state index contributed by atoms with van der Waals surface area (Å²) in [4.78, 5) is 6.78. The smallest absolute Gasteiger partial charge is 0.0945 e. The van der Waals surface area contributed by atoms with Gasteiger partial charge in [-0.3, -0.25) is 4.90 Å². The molecule has 1 aliphatic heterocycles. The van der Waals surface area contributed by atoms with Gasteiger partial charge in [0.1, 0.15) is 0 Å². The van der Waals surface area contributed by atoms with Crippen molar-refractivity contribution in [3.05, 3.63) is 18.7 Å². The van der Waals surface area contributed by atoms with Gasteiger partial charge >= 0.3 is 0 Å². The van der Waals surface area contributed by atoms with Crippen molar-refractivity contribution < 1.29 is 0 Å². The molecule has 4 heteroatoms. The van der Waals surface area contributed by atoms with Crippen LogP contribution < -0.4 is 5.32 Å². The Labute approximate surface area is 117 Å². The Kier molecular flexibility index (Phi) is 5.40. The molecular weight excluding hydrogens is 236 g/mol. The summed E-state index contributed by atoms with van der Waals surface area (Å²) in [5, 5.41) is 3.68. The van der Waals surface area contributed by atoms with Crippen molar-refractivity contribution in [1.82, 2.24) is 19.8 Å². The van der Waals surface area contributed by atoms with Crippen LogP contribution in [0.2, 0.25) is 0 Å². The van der Waals surface area contributed by atoms with Crippen LogP contribution in [0, 0.1) is 5.92 Å². The summed E-state index contributed by atoms with van der Waals surface area (Å²) >= 11 is 0. The van der Waals surface area contributed by atoms with E-state index in [9.17, 15) is 0 Å². The minimum atomic E-state index is 0.670. The predicted octanol–water partition coefficient (Wildman–Crippen LogP) is 1.98. The van der Waals surface area contributed by atoms with Crippen molar-refractivity contribution >= 4 is 0 Å². The largest absolute Gasteiger partial charge is 0.337 e. The lowest BCUT2D eigenvalue weighted by Crippen LogP contribution is -2.58. The standard InChI is InChI=1S/C15H28N4/c1-4-14-11-19(15(10-17-14)13(2)3)8-5-7-18-9-6-16-12-18/h6,9,12-15,17H,4-5,7-8,10-11H2,1-3H3. The minimum Gasteiger partial charge on any atom is -0.337 e. The molecule has 1 aromatic heterocycles. The molecule has 1 N–H and O–H groups in total. The van der Waals surface area contributed by atoms with Gasteiger partial charge in [0, 0.05) is 50.7 Å². The van der Waals surface area contributed by atoms with Crippen LogP contribution in [0.4, 0.5) is 0 Å². The highest BCUT2D eigenvalue weighted by molar-refractivity contribution is 4.87. The molecule has 2 heterocycles. The fraction of sp³-hybridized carbons (Fsp3) is 0.800. The Morgan fingerprint density at radius 2 is 2.21 bits per heavy atom. The summed E-state index contributed by atoms with van der Waals surface area (Å²) in [6.07, 6.45) is 8.24. The second-order valence-electron chi connectivity index (χ2n) is 5.97. The van der Waals surface area contributed by atoms with Crippen LogP contribution in [0.15, 0.2) is 18.7 Å². The van der Waals surface area contributed by atoms with Crippen molar-refractivity contribution in [3.63, 3.8) is 0 Å². The molecule has 2 atom stereocenters. The van der Waals surface area contributed by atoms with Crippen LogP contribution in [0.25, 0.3) is 0 Å². The zero-order chi connectivity index (χ0) is 13.7. The molecule has 2 rings (SSSR count). The van der Waals surface area contributed by atoms with Gasteiger partial charge in [-0.25, -0.2) is 4.98 Å². The molecule has 0 bridgehead atoms. The number of piperazine rings is 1. The van der Waals surface area contributed by atoms with Crippen molar-refractivity contribution in [3.8, 4) is 0 Å². The first-order valence-electron chi connectivity index (χ1n) is 7.64. The van der Waals surface area contributed by atoms with E-state index in [1.807, 2.05) is 18.7 Å². The molecule has 0 saturated carbocycles. The Bertz CT molecular complexity index is 347. The molecule has 0 aromatic carbocycles. The Morgan fingerprint density at radius 1 is 1.37 bits per heavy atom. The number of aromatic nitrogens is 2. The number of hydrogen-bond acceptors (Lipinski definition) is 3. The van der Waals surface area contributed by atoms with Crippen molar-refractivity contribution in [1.29, 1.82) is 0 Å². The number of nitrogens with one attached hydrogen (secondary N) is 1. The fourth-order valence-corrected chi connectivity index (χ4v) is 2.96. The van der Waals surface area contributed by atoms with Crippen LogP contribution in [-0.2, 0) is 6.54 Å². The summed E-state index contributed by atoms with van der Waals surface area (Å²) in [5.74, 6) is 0.721. The number of aryl methyl sites for hydroxylation is 1. The lowest BCUT2D eigenvalue weighted by atomic mass is 9.97. The van der Waals surface area contributed by atoms with Crippen molar-refractivity contribution in [2.45, 2.75) is 52.2 Å². The Hall–Kier alpha value is -0.870. The predicted molar refractivity (Wildman–Crippen MR) is 79.1 cm³/mol. The molecule has 1 saturated heterocycles. The fourth-order valence-electron chi connectivity index (χ4n) is 2.96. The van der Waals surface area contributed by atoms with Gasteiger partial charge in [-0.05, 0) is 18.8 Å². The van der Waals surface area contributed by atoms with E-state index in [1.54, 1.807) is 0 Å². The first-order chi connectivity index (χ1) is 9.20. The lowest BCUT2D eigenvalue weighted by Gasteiger charge is -2.42. The second kappa shape index (κ2) is 7.06. The second-order valence-corrected chi connectivity index (χ2v) is 5.97. The molecule has 0 radical (unpaired) electrons. The molecule has 1 fully saturated rings. The van der Waals surface area contributed by atoms with Crippen molar-refractivity contribution in [2.75, 3.05) is 19.6 Å². The normalized spacial score (nSPS) is 25.1. The first kappa shape index (κ1) is 14.5. The molecular formula is C15H28N4. The number of rotatable bonds is 6. The molecule has 19 heavy (non-hydrogen) atoms. The van der Waals surface area contributed by atoms with E-state index >= 15 is 0 Å². The maximum absolute atomic E-state index is 4.10. The molecule has 1 aliphatic rings. The Morgan fingerprint density at radius 3 is 2.84 bits per heavy atom. The van der Waals surface area contributed by atoms with Gasteiger partial charge in [-0.15, -0.1) is 0 Å². The maximum atomic E-state index is 4.10. The average molecular weight is 264 g/mol. The van der Waals surface area contributed by atoms with Crippen LogP contribution in [0.5, 0.6) is 0 Å². The van der Waals surface area contributed by atoms with Crippen LogP contribution in [-0.4, -0.2) is 46.2 Å². The highest BCUT2D eigenvalue weighted by atomic mass is 15.2. The van der Waals surface area contributed by atoms with Crippen LogP contribution in [0.1, 0.15) is 33.6 Å². The zero-order valence-electron chi connectivity index (χ0n) is 12.5. The van der Waals surface area contributed by atoms with E-state index in [0.717, 1.165) is 19.0 Å². The lowest BCUT2D eigenvalue weighted by molar-refractivity contribution is 0.0947. The summed E-state index contributed by atoms with van der Waals surface area (Å²) in [5.41, 5.74) is 0. The summed E-state index contributed by atoms with van der Waals surface area (Å²) in [7, 11) is 0. The van der Waals surface area contributed by atoms with Gasteiger partial charge in [-0.1, -0.05) is 20.8 Å².